The van der Waals surface area contributed by atoms with E-state index in [0.29, 0.717) is 23.4 Å². The summed E-state index contributed by atoms with van der Waals surface area (Å²) in [6, 6.07) is 0. The number of rotatable bonds is 2. The predicted octanol–water partition coefficient (Wildman–Crippen LogP) is 5.36. The third-order valence-corrected chi connectivity index (χ3v) is 8.66. The highest BCUT2D eigenvalue weighted by Gasteiger charge is 2.58. The van der Waals surface area contributed by atoms with E-state index in [4.69, 9.17) is 0 Å². The van der Waals surface area contributed by atoms with Gasteiger partial charge in [-0.15, -0.1) is 0 Å². The van der Waals surface area contributed by atoms with Gasteiger partial charge >= 0.3 is 0 Å². The minimum Gasteiger partial charge on any atom is -0.396 e. The maximum Gasteiger partial charge on any atom is 0.0459 e. The van der Waals surface area contributed by atoms with Crippen LogP contribution in [0.2, 0.25) is 0 Å². The third-order valence-electron chi connectivity index (χ3n) is 8.66. The first-order valence-electron chi connectivity index (χ1n) is 9.99. The third kappa shape index (κ3) is 2.15. The highest BCUT2D eigenvalue weighted by molar-refractivity contribution is 5.31. The fourth-order valence-electron chi connectivity index (χ4n) is 7.44. The highest BCUT2D eigenvalue weighted by Crippen LogP contribution is 2.66. The molecule has 0 aliphatic heterocycles. The number of allylic oxidation sites excluding steroid dienone is 4. The van der Waals surface area contributed by atoms with Crippen LogP contribution in [0.5, 0.6) is 0 Å². The fourth-order valence-corrected chi connectivity index (χ4v) is 7.44. The normalized spacial score (nSPS) is 49.8. The molecule has 0 spiro atoms. The molecule has 0 heterocycles. The molecule has 4 aliphatic rings. The SMILES string of the molecule is C[C@H](CO)[C@H]1CC[C@H]2[C@@H]3CCC4=CCC=C[C@]4(C)[C@H]3CC[C@]12C. The molecule has 0 aromatic carbocycles. The molecule has 0 bridgehead atoms. The van der Waals surface area contributed by atoms with Crippen LogP contribution in [0.1, 0.15) is 65.7 Å². The lowest BCUT2D eigenvalue weighted by Crippen LogP contribution is -2.50. The Balaban J connectivity index is 1.64. The van der Waals surface area contributed by atoms with Gasteiger partial charge in [0.1, 0.15) is 0 Å². The Morgan fingerprint density at radius 2 is 2.00 bits per heavy atom. The van der Waals surface area contributed by atoms with Gasteiger partial charge in [-0.2, -0.15) is 0 Å². The standard InChI is InChI=1S/C22H34O/c1-15(14-23)18-9-10-19-17-8-7-16-6-4-5-12-21(16,2)20(17)11-13-22(18,19)3/h5-6,12,15,17-20,23H,4,7-11,13-14H2,1-3H3/t15-,17+,18-,19+,20+,21+,22-/m1/s1. The summed E-state index contributed by atoms with van der Waals surface area (Å²) in [4.78, 5) is 0. The molecule has 4 rings (SSSR count). The molecule has 0 amide bonds. The summed E-state index contributed by atoms with van der Waals surface area (Å²) < 4.78 is 0. The number of hydrogen-bond acceptors (Lipinski definition) is 1. The van der Waals surface area contributed by atoms with Crippen molar-refractivity contribution in [1.82, 2.24) is 0 Å². The first-order chi connectivity index (χ1) is 11.0. The molecule has 128 valence electrons. The van der Waals surface area contributed by atoms with E-state index in [2.05, 4.69) is 39.0 Å². The highest BCUT2D eigenvalue weighted by atomic mass is 16.3. The summed E-state index contributed by atoms with van der Waals surface area (Å²) in [5.41, 5.74) is 2.57. The van der Waals surface area contributed by atoms with E-state index in [9.17, 15) is 5.11 Å². The summed E-state index contributed by atoms with van der Waals surface area (Å²) in [5.74, 6) is 3.89. The minimum absolute atomic E-state index is 0.350. The minimum atomic E-state index is 0.350. The Morgan fingerprint density at radius 3 is 2.78 bits per heavy atom. The average Bonchev–Trinajstić information content (AvgIpc) is 2.91. The van der Waals surface area contributed by atoms with E-state index in [-0.39, 0.29) is 0 Å². The quantitative estimate of drug-likeness (QED) is 0.680. The van der Waals surface area contributed by atoms with Crippen LogP contribution in [-0.4, -0.2) is 11.7 Å². The van der Waals surface area contributed by atoms with Crippen molar-refractivity contribution in [2.24, 2.45) is 40.4 Å². The van der Waals surface area contributed by atoms with Crippen LogP contribution in [0.15, 0.2) is 23.8 Å². The van der Waals surface area contributed by atoms with Gasteiger partial charge in [-0.25, -0.2) is 0 Å². The first kappa shape index (κ1) is 15.9. The van der Waals surface area contributed by atoms with Gasteiger partial charge in [-0.05, 0) is 80.0 Å². The Hall–Kier alpha value is -0.560. The van der Waals surface area contributed by atoms with E-state index in [1.165, 1.54) is 38.5 Å². The van der Waals surface area contributed by atoms with E-state index in [0.717, 1.165) is 30.1 Å². The first-order valence-corrected chi connectivity index (χ1v) is 9.99. The van der Waals surface area contributed by atoms with Crippen molar-refractivity contribution < 1.29 is 5.11 Å². The molecular formula is C22H34O. The van der Waals surface area contributed by atoms with Gasteiger partial charge in [0.2, 0.25) is 0 Å². The van der Waals surface area contributed by atoms with E-state index >= 15 is 0 Å². The van der Waals surface area contributed by atoms with Gasteiger partial charge < -0.3 is 5.11 Å². The predicted molar refractivity (Wildman–Crippen MR) is 96.0 cm³/mol. The molecule has 0 aromatic rings. The molecule has 0 unspecified atom stereocenters. The number of aliphatic hydroxyl groups is 1. The second-order valence-electron chi connectivity index (χ2n) is 9.45. The maximum absolute atomic E-state index is 9.71. The lowest BCUT2D eigenvalue weighted by atomic mass is 9.47. The van der Waals surface area contributed by atoms with E-state index in [1.54, 1.807) is 5.57 Å². The average molecular weight is 315 g/mol. The summed E-state index contributed by atoms with van der Waals surface area (Å²) in [6.45, 7) is 7.74. The van der Waals surface area contributed by atoms with Gasteiger partial charge in [0.25, 0.3) is 0 Å². The Bertz CT molecular complexity index is 532. The molecule has 0 radical (unpaired) electrons. The molecule has 7 atom stereocenters. The Labute approximate surface area is 142 Å². The van der Waals surface area contributed by atoms with Crippen molar-refractivity contribution in [2.75, 3.05) is 6.61 Å². The van der Waals surface area contributed by atoms with Crippen LogP contribution in [0.4, 0.5) is 0 Å². The lowest BCUT2D eigenvalue weighted by Gasteiger charge is -2.57. The van der Waals surface area contributed by atoms with Crippen molar-refractivity contribution in [2.45, 2.75) is 65.7 Å². The summed E-state index contributed by atoms with van der Waals surface area (Å²) in [5, 5.41) is 9.71. The molecule has 1 heteroatoms. The van der Waals surface area contributed by atoms with Gasteiger partial charge in [0.15, 0.2) is 0 Å². The number of fused-ring (bicyclic) bond motifs is 5. The maximum atomic E-state index is 9.71. The zero-order valence-corrected chi connectivity index (χ0v) is 15.2. The van der Waals surface area contributed by atoms with Crippen LogP contribution < -0.4 is 0 Å². The molecule has 3 fully saturated rings. The van der Waals surface area contributed by atoms with Crippen molar-refractivity contribution in [3.8, 4) is 0 Å². The van der Waals surface area contributed by atoms with E-state index < -0.39 is 0 Å². The zero-order chi connectivity index (χ0) is 16.2. The van der Waals surface area contributed by atoms with Crippen molar-refractivity contribution in [1.29, 1.82) is 0 Å². The van der Waals surface area contributed by atoms with Crippen LogP contribution >= 0.6 is 0 Å². The number of hydrogen-bond donors (Lipinski definition) is 1. The molecule has 1 N–H and O–H groups in total. The van der Waals surface area contributed by atoms with Gasteiger partial charge in [0, 0.05) is 12.0 Å². The van der Waals surface area contributed by atoms with Crippen molar-refractivity contribution >= 4 is 0 Å². The summed E-state index contributed by atoms with van der Waals surface area (Å²) in [7, 11) is 0. The topological polar surface area (TPSA) is 20.2 Å². The van der Waals surface area contributed by atoms with Crippen LogP contribution in [0, 0.1) is 40.4 Å². The molecular weight excluding hydrogens is 280 g/mol. The van der Waals surface area contributed by atoms with Crippen molar-refractivity contribution in [3.05, 3.63) is 23.8 Å². The second-order valence-corrected chi connectivity index (χ2v) is 9.45. The molecule has 4 aliphatic carbocycles. The van der Waals surface area contributed by atoms with Crippen LogP contribution in [-0.2, 0) is 0 Å². The molecule has 0 aromatic heterocycles. The molecule has 3 saturated carbocycles. The van der Waals surface area contributed by atoms with Crippen LogP contribution in [0.25, 0.3) is 0 Å². The van der Waals surface area contributed by atoms with Crippen molar-refractivity contribution in [3.63, 3.8) is 0 Å². The summed E-state index contributed by atoms with van der Waals surface area (Å²) in [6.07, 6.45) is 16.9. The molecule has 0 saturated heterocycles. The Morgan fingerprint density at radius 1 is 1.17 bits per heavy atom. The lowest BCUT2D eigenvalue weighted by molar-refractivity contribution is -0.0473. The fraction of sp³-hybridized carbons (Fsp3) is 0.818. The smallest absolute Gasteiger partial charge is 0.0459 e. The summed E-state index contributed by atoms with van der Waals surface area (Å²) >= 11 is 0. The van der Waals surface area contributed by atoms with Crippen LogP contribution in [0.3, 0.4) is 0 Å². The zero-order valence-electron chi connectivity index (χ0n) is 15.2. The monoisotopic (exact) mass is 314 g/mol. The van der Waals surface area contributed by atoms with Gasteiger partial charge in [-0.3, -0.25) is 0 Å². The Kier molecular flexibility index (Phi) is 3.80. The molecule has 23 heavy (non-hydrogen) atoms. The second kappa shape index (κ2) is 5.48. The number of aliphatic hydroxyl groups excluding tert-OH is 1. The molecule has 1 nitrogen and oxygen atoms in total. The van der Waals surface area contributed by atoms with Gasteiger partial charge in [-0.1, -0.05) is 44.6 Å². The largest absolute Gasteiger partial charge is 0.396 e. The van der Waals surface area contributed by atoms with Gasteiger partial charge in [0.05, 0.1) is 0 Å². The van der Waals surface area contributed by atoms with E-state index in [1.807, 2.05) is 0 Å².